The van der Waals surface area contributed by atoms with Gasteiger partial charge in [0.1, 0.15) is 5.82 Å². The number of hydrogen-bond acceptors (Lipinski definition) is 2. The molecule has 0 spiro atoms. The Morgan fingerprint density at radius 3 is 2.58 bits per heavy atom. The van der Waals surface area contributed by atoms with Crippen LogP contribution in [-0.4, -0.2) is 12.5 Å². The van der Waals surface area contributed by atoms with Crippen molar-refractivity contribution in [2.75, 3.05) is 11.9 Å². The molecule has 0 aliphatic carbocycles. The summed E-state index contributed by atoms with van der Waals surface area (Å²) in [4.78, 5) is 11.0. The third-order valence-corrected chi connectivity index (χ3v) is 2.82. The van der Waals surface area contributed by atoms with Gasteiger partial charge in [0, 0.05) is 12.2 Å². The average molecular weight is 258 g/mol. The van der Waals surface area contributed by atoms with Crippen molar-refractivity contribution in [3.05, 3.63) is 65.5 Å². The first-order valence-corrected chi connectivity index (χ1v) is 6.04. The molecule has 0 aliphatic heterocycles. The van der Waals surface area contributed by atoms with Crippen LogP contribution in [0.1, 0.15) is 15.9 Å². The van der Waals surface area contributed by atoms with Gasteiger partial charge in [0.25, 0.3) is 5.91 Å². The third kappa shape index (κ3) is 3.55. The lowest BCUT2D eigenvalue weighted by Crippen LogP contribution is -2.14. The molecule has 0 aliphatic rings. The number of nitrogens with one attached hydrogen (secondary N) is 1. The zero-order valence-corrected chi connectivity index (χ0v) is 10.4. The molecule has 0 saturated carbocycles. The van der Waals surface area contributed by atoms with Crippen molar-refractivity contribution in [1.82, 2.24) is 0 Å². The van der Waals surface area contributed by atoms with Gasteiger partial charge in [-0.3, -0.25) is 4.79 Å². The minimum absolute atomic E-state index is 0.0929. The van der Waals surface area contributed by atoms with Crippen LogP contribution in [0.25, 0.3) is 0 Å². The van der Waals surface area contributed by atoms with Crippen molar-refractivity contribution in [3.63, 3.8) is 0 Å². The number of benzene rings is 2. The molecule has 3 nitrogen and oxygen atoms in total. The third-order valence-electron chi connectivity index (χ3n) is 2.82. The number of amides is 1. The molecular formula is C15H15FN2O. The van der Waals surface area contributed by atoms with Crippen LogP contribution >= 0.6 is 0 Å². The minimum atomic E-state index is -0.760. The topological polar surface area (TPSA) is 55.1 Å². The van der Waals surface area contributed by atoms with Crippen molar-refractivity contribution in [2.45, 2.75) is 6.42 Å². The lowest BCUT2D eigenvalue weighted by Gasteiger charge is -2.08. The Labute approximate surface area is 111 Å². The van der Waals surface area contributed by atoms with Gasteiger partial charge in [0.05, 0.1) is 5.56 Å². The SMILES string of the molecule is NC(=O)c1cc(NCCc2ccccc2)ccc1F. The second-order valence-electron chi connectivity index (χ2n) is 4.22. The van der Waals surface area contributed by atoms with E-state index < -0.39 is 11.7 Å². The highest BCUT2D eigenvalue weighted by molar-refractivity contribution is 5.94. The van der Waals surface area contributed by atoms with E-state index in [9.17, 15) is 9.18 Å². The maximum Gasteiger partial charge on any atom is 0.251 e. The molecule has 4 heteroatoms. The summed E-state index contributed by atoms with van der Waals surface area (Å²) in [7, 11) is 0. The minimum Gasteiger partial charge on any atom is -0.385 e. The zero-order valence-electron chi connectivity index (χ0n) is 10.4. The second kappa shape index (κ2) is 6.00. The van der Waals surface area contributed by atoms with E-state index in [2.05, 4.69) is 5.32 Å². The Bertz CT molecular complexity index is 570. The van der Waals surface area contributed by atoms with E-state index in [4.69, 9.17) is 5.73 Å². The Kier molecular flexibility index (Phi) is 4.13. The van der Waals surface area contributed by atoms with Gasteiger partial charge < -0.3 is 11.1 Å². The first kappa shape index (κ1) is 13.1. The molecule has 2 aromatic rings. The summed E-state index contributed by atoms with van der Waals surface area (Å²) in [5, 5.41) is 3.14. The summed E-state index contributed by atoms with van der Waals surface area (Å²) in [6.45, 7) is 0.702. The van der Waals surface area contributed by atoms with Crippen molar-refractivity contribution in [3.8, 4) is 0 Å². The van der Waals surface area contributed by atoms with Gasteiger partial charge in [-0.25, -0.2) is 4.39 Å². The van der Waals surface area contributed by atoms with Crippen LogP contribution in [-0.2, 0) is 6.42 Å². The molecule has 0 aromatic heterocycles. The zero-order chi connectivity index (χ0) is 13.7. The molecule has 0 bridgehead atoms. The van der Waals surface area contributed by atoms with Crippen molar-refractivity contribution in [2.24, 2.45) is 5.73 Å². The number of carbonyl (C=O) groups is 1. The number of nitrogens with two attached hydrogens (primary N) is 1. The Hall–Kier alpha value is -2.36. The standard InChI is InChI=1S/C15H15FN2O/c16-14-7-6-12(10-13(14)15(17)19)18-9-8-11-4-2-1-3-5-11/h1-7,10,18H,8-9H2,(H2,17,19). The van der Waals surface area contributed by atoms with E-state index in [0.717, 1.165) is 6.42 Å². The molecule has 0 radical (unpaired) electrons. The number of halogens is 1. The summed E-state index contributed by atoms with van der Waals surface area (Å²) in [6.07, 6.45) is 0.851. The van der Waals surface area contributed by atoms with Crippen molar-refractivity contribution in [1.29, 1.82) is 0 Å². The molecule has 98 valence electrons. The predicted molar refractivity (Wildman–Crippen MR) is 73.6 cm³/mol. The highest BCUT2D eigenvalue weighted by Crippen LogP contribution is 2.14. The van der Waals surface area contributed by atoms with Gasteiger partial charge in [0.2, 0.25) is 0 Å². The number of anilines is 1. The molecule has 1 amide bonds. The molecule has 2 aromatic carbocycles. The van der Waals surface area contributed by atoms with Crippen LogP contribution in [0.5, 0.6) is 0 Å². The fourth-order valence-electron chi connectivity index (χ4n) is 1.82. The fourth-order valence-corrected chi connectivity index (χ4v) is 1.82. The molecule has 2 rings (SSSR count). The number of rotatable bonds is 5. The summed E-state index contributed by atoms with van der Waals surface area (Å²) >= 11 is 0. The van der Waals surface area contributed by atoms with Crippen LogP contribution in [0.4, 0.5) is 10.1 Å². The van der Waals surface area contributed by atoms with E-state index in [1.807, 2.05) is 30.3 Å². The van der Waals surface area contributed by atoms with Gasteiger partial charge in [-0.05, 0) is 30.2 Å². The fraction of sp³-hybridized carbons (Fsp3) is 0.133. The average Bonchev–Trinajstić information content (AvgIpc) is 2.41. The van der Waals surface area contributed by atoms with Crippen LogP contribution < -0.4 is 11.1 Å². The highest BCUT2D eigenvalue weighted by Gasteiger charge is 2.08. The largest absolute Gasteiger partial charge is 0.385 e. The number of hydrogen-bond donors (Lipinski definition) is 2. The van der Waals surface area contributed by atoms with Gasteiger partial charge in [-0.15, -0.1) is 0 Å². The van der Waals surface area contributed by atoms with Gasteiger partial charge in [-0.2, -0.15) is 0 Å². The molecule has 3 N–H and O–H groups in total. The Balaban J connectivity index is 1.97. The van der Waals surface area contributed by atoms with Crippen LogP contribution in [0.3, 0.4) is 0 Å². The lowest BCUT2D eigenvalue weighted by molar-refractivity contribution is 0.0996. The molecule has 0 saturated heterocycles. The van der Waals surface area contributed by atoms with Crippen LogP contribution in [0, 0.1) is 5.82 Å². The second-order valence-corrected chi connectivity index (χ2v) is 4.22. The first-order valence-electron chi connectivity index (χ1n) is 6.04. The summed E-state index contributed by atoms with van der Waals surface area (Å²) < 4.78 is 13.3. The van der Waals surface area contributed by atoms with E-state index in [1.165, 1.54) is 17.7 Å². The number of primary amides is 1. The van der Waals surface area contributed by atoms with Gasteiger partial charge >= 0.3 is 0 Å². The monoisotopic (exact) mass is 258 g/mol. The molecule has 0 atom stereocenters. The summed E-state index contributed by atoms with van der Waals surface area (Å²) in [5.41, 5.74) is 6.90. The summed E-state index contributed by atoms with van der Waals surface area (Å²) in [5.74, 6) is -1.36. The van der Waals surface area contributed by atoms with Crippen molar-refractivity contribution >= 4 is 11.6 Å². The van der Waals surface area contributed by atoms with Crippen LogP contribution in [0.2, 0.25) is 0 Å². The molecule has 0 heterocycles. The lowest BCUT2D eigenvalue weighted by atomic mass is 10.1. The summed E-state index contributed by atoms with van der Waals surface area (Å²) in [6, 6.07) is 14.3. The molecule has 19 heavy (non-hydrogen) atoms. The quantitative estimate of drug-likeness (QED) is 0.866. The highest BCUT2D eigenvalue weighted by atomic mass is 19.1. The predicted octanol–water partition coefficient (Wildman–Crippen LogP) is 2.58. The normalized spacial score (nSPS) is 10.2. The molecule has 0 unspecified atom stereocenters. The van der Waals surface area contributed by atoms with Gasteiger partial charge in [-0.1, -0.05) is 30.3 Å². The van der Waals surface area contributed by atoms with Crippen LogP contribution in [0.15, 0.2) is 48.5 Å². The van der Waals surface area contributed by atoms with E-state index in [0.29, 0.717) is 12.2 Å². The van der Waals surface area contributed by atoms with E-state index in [1.54, 1.807) is 6.07 Å². The Morgan fingerprint density at radius 2 is 1.89 bits per heavy atom. The smallest absolute Gasteiger partial charge is 0.251 e. The number of carbonyl (C=O) groups excluding carboxylic acids is 1. The molecular weight excluding hydrogens is 243 g/mol. The van der Waals surface area contributed by atoms with E-state index >= 15 is 0 Å². The maximum absolute atomic E-state index is 13.3. The van der Waals surface area contributed by atoms with Gasteiger partial charge in [0.15, 0.2) is 0 Å². The Morgan fingerprint density at radius 1 is 1.16 bits per heavy atom. The van der Waals surface area contributed by atoms with Crippen molar-refractivity contribution < 1.29 is 9.18 Å². The van der Waals surface area contributed by atoms with E-state index in [-0.39, 0.29) is 5.56 Å². The maximum atomic E-state index is 13.3. The first-order chi connectivity index (χ1) is 9.16. The molecule has 0 fully saturated rings.